The Bertz CT molecular complexity index is 914. The van der Waals surface area contributed by atoms with Gasteiger partial charge in [-0.05, 0) is 19.1 Å². The molecule has 0 aliphatic heterocycles. The molecule has 0 fully saturated rings. The van der Waals surface area contributed by atoms with E-state index in [1.165, 1.54) is 18.6 Å². The summed E-state index contributed by atoms with van der Waals surface area (Å²) in [6.45, 7) is 1.67. The Kier molecular flexibility index (Phi) is 4.74. The van der Waals surface area contributed by atoms with Crippen molar-refractivity contribution < 1.29 is 9.53 Å². The van der Waals surface area contributed by atoms with E-state index in [-0.39, 0.29) is 17.3 Å². The van der Waals surface area contributed by atoms with Gasteiger partial charge in [0.25, 0.3) is 5.56 Å². The summed E-state index contributed by atoms with van der Waals surface area (Å²) in [5.41, 5.74) is 0.531. The van der Waals surface area contributed by atoms with Crippen LogP contribution >= 0.6 is 0 Å². The number of hydrogen-bond acceptors (Lipinski definition) is 7. The van der Waals surface area contributed by atoms with Crippen LogP contribution in [0.1, 0.15) is 18.8 Å². The number of aromatic nitrogens is 5. The fourth-order valence-electron chi connectivity index (χ4n) is 2.03. The van der Waals surface area contributed by atoms with E-state index in [0.29, 0.717) is 11.4 Å². The molecule has 0 bridgehead atoms. The molecule has 0 saturated heterocycles. The molecule has 1 atom stereocenters. The van der Waals surface area contributed by atoms with Crippen LogP contribution in [0.15, 0.2) is 53.8 Å². The third kappa shape index (κ3) is 4.22. The van der Waals surface area contributed by atoms with Crippen molar-refractivity contribution in [1.29, 1.82) is 0 Å². The number of nitrogens with one attached hydrogen (secondary N) is 2. The minimum Gasteiger partial charge on any atom is -0.391 e. The van der Waals surface area contributed by atoms with Gasteiger partial charge in [0.2, 0.25) is 5.88 Å². The van der Waals surface area contributed by atoms with E-state index >= 15 is 0 Å². The Balaban J connectivity index is 1.76. The van der Waals surface area contributed by atoms with Gasteiger partial charge in [0.05, 0.1) is 17.4 Å². The first kappa shape index (κ1) is 16.2. The summed E-state index contributed by atoms with van der Waals surface area (Å²) < 4.78 is 5.05. The minimum atomic E-state index is -0.707. The second kappa shape index (κ2) is 7.30. The van der Waals surface area contributed by atoms with Crippen LogP contribution in [0.4, 0.5) is 4.79 Å². The number of carbonyl (C=O) groups is 1. The molecule has 9 nitrogen and oxygen atoms in total. The summed E-state index contributed by atoms with van der Waals surface area (Å²) in [6, 6.07) is 7.33. The summed E-state index contributed by atoms with van der Waals surface area (Å²) in [7, 11) is 0. The van der Waals surface area contributed by atoms with Crippen molar-refractivity contribution in [3.63, 3.8) is 0 Å². The molecule has 25 heavy (non-hydrogen) atoms. The van der Waals surface area contributed by atoms with Gasteiger partial charge in [0.1, 0.15) is 12.2 Å². The molecule has 1 amide bonds. The van der Waals surface area contributed by atoms with Crippen molar-refractivity contribution in [3.05, 3.63) is 65.2 Å². The van der Waals surface area contributed by atoms with Crippen molar-refractivity contribution in [3.8, 4) is 17.3 Å². The van der Waals surface area contributed by atoms with Crippen molar-refractivity contribution >= 4 is 6.09 Å². The summed E-state index contributed by atoms with van der Waals surface area (Å²) in [5, 5.41) is 2.58. The third-order valence-corrected chi connectivity index (χ3v) is 3.18. The Morgan fingerprint density at radius 3 is 2.80 bits per heavy atom. The maximum atomic E-state index is 11.9. The van der Waals surface area contributed by atoms with E-state index in [9.17, 15) is 9.59 Å². The number of carbonyl (C=O) groups excluding carboxylic acids is 1. The van der Waals surface area contributed by atoms with Gasteiger partial charge in [0.15, 0.2) is 0 Å². The topological polar surface area (TPSA) is 123 Å². The van der Waals surface area contributed by atoms with E-state index in [1.807, 2.05) is 0 Å². The van der Waals surface area contributed by atoms with E-state index in [4.69, 9.17) is 4.74 Å². The van der Waals surface area contributed by atoms with Gasteiger partial charge in [-0.15, -0.1) is 0 Å². The zero-order chi connectivity index (χ0) is 17.6. The second-order valence-electron chi connectivity index (χ2n) is 5.03. The summed E-state index contributed by atoms with van der Waals surface area (Å²) in [6.07, 6.45) is 3.72. The number of hydrogen-bond donors (Lipinski definition) is 2. The zero-order valence-electron chi connectivity index (χ0n) is 13.2. The van der Waals surface area contributed by atoms with E-state index in [1.54, 1.807) is 37.4 Å². The molecule has 3 aromatic rings. The van der Waals surface area contributed by atoms with Crippen molar-refractivity contribution in [2.45, 2.75) is 13.0 Å². The number of ether oxygens (including phenoxy) is 1. The summed E-state index contributed by atoms with van der Waals surface area (Å²) in [4.78, 5) is 42.5. The molecule has 9 heteroatoms. The highest BCUT2D eigenvalue weighted by molar-refractivity contribution is 5.70. The average molecular weight is 338 g/mol. The van der Waals surface area contributed by atoms with Gasteiger partial charge in [-0.25, -0.2) is 24.7 Å². The van der Waals surface area contributed by atoms with E-state index in [0.717, 1.165) is 0 Å². The number of H-pyrrole nitrogens is 1. The molecule has 1 unspecified atom stereocenters. The van der Waals surface area contributed by atoms with Crippen LogP contribution < -0.4 is 15.6 Å². The molecule has 0 saturated carbocycles. The number of nitrogens with zero attached hydrogens (tertiary/aromatic N) is 4. The predicted molar refractivity (Wildman–Crippen MR) is 87.7 cm³/mol. The van der Waals surface area contributed by atoms with Gasteiger partial charge >= 0.3 is 6.09 Å². The first-order valence-corrected chi connectivity index (χ1v) is 7.39. The van der Waals surface area contributed by atoms with Gasteiger partial charge in [-0.3, -0.25) is 4.79 Å². The molecule has 0 aliphatic rings. The van der Waals surface area contributed by atoms with Crippen LogP contribution in [-0.4, -0.2) is 31.0 Å². The fraction of sp³-hybridized carbons (Fsp3) is 0.125. The predicted octanol–water partition coefficient (Wildman–Crippen LogP) is 1.47. The average Bonchev–Trinajstić information content (AvgIpc) is 2.62. The van der Waals surface area contributed by atoms with E-state index < -0.39 is 12.1 Å². The Morgan fingerprint density at radius 2 is 2.08 bits per heavy atom. The first-order valence-electron chi connectivity index (χ1n) is 7.39. The molecular formula is C16H14N6O3. The third-order valence-electron chi connectivity index (χ3n) is 3.18. The SMILES string of the molecule is CC(NC(=O)Oc1ccccn1)c1nc(-c2ccncn2)cc(=O)[nH]1. The van der Waals surface area contributed by atoms with Crippen LogP contribution in [0.5, 0.6) is 5.88 Å². The van der Waals surface area contributed by atoms with Crippen LogP contribution in [0, 0.1) is 0 Å². The first-order chi connectivity index (χ1) is 12.1. The van der Waals surface area contributed by atoms with Crippen molar-refractivity contribution in [2.24, 2.45) is 0 Å². The Hall–Kier alpha value is -3.62. The molecular weight excluding hydrogens is 324 g/mol. The molecule has 2 N–H and O–H groups in total. The summed E-state index contributed by atoms with van der Waals surface area (Å²) in [5.74, 6) is 0.447. The standard InChI is InChI=1S/C16H14N6O3/c1-10(20-16(24)25-14-4-2-3-6-18-14)15-21-12(8-13(23)22-15)11-5-7-17-9-19-11/h2-10H,1H3,(H,20,24)(H,21,22,23). The molecule has 0 aromatic carbocycles. The zero-order valence-corrected chi connectivity index (χ0v) is 13.2. The van der Waals surface area contributed by atoms with Gasteiger partial charge in [-0.1, -0.05) is 6.07 Å². The monoisotopic (exact) mass is 338 g/mol. The molecule has 3 aromatic heterocycles. The lowest BCUT2D eigenvalue weighted by molar-refractivity contribution is 0.194. The molecule has 0 aliphatic carbocycles. The fourth-order valence-corrected chi connectivity index (χ4v) is 2.03. The second-order valence-corrected chi connectivity index (χ2v) is 5.03. The molecule has 3 heterocycles. The molecule has 0 spiro atoms. The lowest BCUT2D eigenvalue weighted by Crippen LogP contribution is -2.31. The van der Waals surface area contributed by atoms with Crippen LogP contribution in [-0.2, 0) is 0 Å². The van der Waals surface area contributed by atoms with Gasteiger partial charge in [0, 0.05) is 24.5 Å². The lowest BCUT2D eigenvalue weighted by Gasteiger charge is -2.13. The molecule has 3 rings (SSSR count). The van der Waals surface area contributed by atoms with Crippen LogP contribution in [0.3, 0.4) is 0 Å². The van der Waals surface area contributed by atoms with Crippen LogP contribution in [0.25, 0.3) is 11.4 Å². The molecule has 126 valence electrons. The smallest absolute Gasteiger partial charge is 0.391 e. The van der Waals surface area contributed by atoms with Gasteiger partial charge < -0.3 is 15.0 Å². The van der Waals surface area contributed by atoms with Crippen molar-refractivity contribution in [2.75, 3.05) is 0 Å². The maximum absolute atomic E-state index is 11.9. The van der Waals surface area contributed by atoms with Crippen LogP contribution in [0.2, 0.25) is 0 Å². The Labute approximate surface area is 142 Å². The molecule has 0 radical (unpaired) electrons. The summed E-state index contributed by atoms with van der Waals surface area (Å²) >= 11 is 0. The highest BCUT2D eigenvalue weighted by Gasteiger charge is 2.15. The number of amides is 1. The highest BCUT2D eigenvalue weighted by atomic mass is 16.6. The van der Waals surface area contributed by atoms with E-state index in [2.05, 4.69) is 30.2 Å². The number of pyridine rings is 1. The maximum Gasteiger partial charge on any atom is 0.414 e. The highest BCUT2D eigenvalue weighted by Crippen LogP contribution is 2.13. The lowest BCUT2D eigenvalue weighted by atomic mass is 10.2. The number of rotatable bonds is 4. The quantitative estimate of drug-likeness (QED) is 0.738. The number of aromatic amines is 1. The largest absolute Gasteiger partial charge is 0.414 e. The van der Waals surface area contributed by atoms with Crippen molar-refractivity contribution in [1.82, 2.24) is 30.2 Å². The Morgan fingerprint density at radius 1 is 1.20 bits per heavy atom. The normalized spacial score (nSPS) is 11.6. The van der Waals surface area contributed by atoms with Gasteiger partial charge in [-0.2, -0.15) is 0 Å². The minimum absolute atomic E-state index is 0.170.